The van der Waals surface area contributed by atoms with Gasteiger partial charge in [0.15, 0.2) is 0 Å². The van der Waals surface area contributed by atoms with Crippen LogP contribution in [-0.4, -0.2) is 37.7 Å². The highest BCUT2D eigenvalue weighted by atomic mass is 16.5. The van der Waals surface area contributed by atoms with E-state index < -0.39 is 11.4 Å². The molecule has 2 aromatic rings. The number of carbonyl (C=O) groups is 2. The molecule has 0 saturated carbocycles. The smallest absolute Gasteiger partial charge is 0.335 e. The zero-order valence-electron chi connectivity index (χ0n) is 16.0. The quantitative estimate of drug-likeness (QED) is 0.745. The molecule has 0 fully saturated rings. The van der Waals surface area contributed by atoms with Crippen LogP contribution in [0.1, 0.15) is 35.3 Å². The van der Waals surface area contributed by atoms with Gasteiger partial charge in [-0.1, -0.05) is 18.2 Å². The van der Waals surface area contributed by atoms with E-state index in [1.54, 1.807) is 13.2 Å². The van der Waals surface area contributed by atoms with Crippen LogP contribution in [0.25, 0.3) is 0 Å². The average molecular weight is 371 g/mol. The number of hydrogen-bond donors (Lipinski definition) is 2. The molecule has 0 aromatic heterocycles. The summed E-state index contributed by atoms with van der Waals surface area (Å²) >= 11 is 0. The van der Waals surface area contributed by atoms with Crippen molar-refractivity contribution < 1.29 is 24.2 Å². The number of aromatic carboxylic acids is 1. The van der Waals surface area contributed by atoms with Gasteiger partial charge in [0.2, 0.25) is 5.91 Å². The summed E-state index contributed by atoms with van der Waals surface area (Å²) in [6, 6.07) is 12.2. The van der Waals surface area contributed by atoms with Gasteiger partial charge in [0, 0.05) is 6.54 Å². The minimum absolute atomic E-state index is 0.0891. The van der Waals surface area contributed by atoms with Crippen molar-refractivity contribution in [2.75, 3.05) is 20.8 Å². The van der Waals surface area contributed by atoms with Crippen molar-refractivity contribution in [1.29, 1.82) is 0 Å². The SMILES string of the molecule is COc1ccc(C(C)(C)C(=O)NCCc2ccc(C(=O)O)cc2OC)cc1. The summed E-state index contributed by atoms with van der Waals surface area (Å²) in [4.78, 5) is 23.7. The van der Waals surface area contributed by atoms with Crippen molar-refractivity contribution in [3.8, 4) is 11.5 Å². The van der Waals surface area contributed by atoms with Crippen LogP contribution in [0, 0.1) is 0 Å². The van der Waals surface area contributed by atoms with Gasteiger partial charge in [-0.05, 0) is 55.7 Å². The summed E-state index contributed by atoms with van der Waals surface area (Å²) in [5, 5.41) is 12.0. The summed E-state index contributed by atoms with van der Waals surface area (Å²) in [6.07, 6.45) is 0.535. The molecule has 2 rings (SSSR count). The maximum Gasteiger partial charge on any atom is 0.335 e. The fourth-order valence-corrected chi connectivity index (χ4v) is 2.75. The second-order valence-electron chi connectivity index (χ2n) is 6.69. The van der Waals surface area contributed by atoms with Gasteiger partial charge in [0.25, 0.3) is 0 Å². The van der Waals surface area contributed by atoms with Crippen molar-refractivity contribution in [2.24, 2.45) is 0 Å². The highest BCUT2D eigenvalue weighted by Crippen LogP contribution is 2.26. The number of amides is 1. The van der Waals surface area contributed by atoms with Crippen molar-refractivity contribution in [3.63, 3.8) is 0 Å². The number of carboxylic acids is 1. The molecule has 27 heavy (non-hydrogen) atoms. The molecule has 0 aliphatic heterocycles. The highest BCUT2D eigenvalue weighted by Gasteiger charge is 2.29. The van der Waals surface area contributed by atoms with Gasteiger partial charge in [0.05, 0.1) is 25.2 Å². The van der Waals surface area contributed by atoms with E-state index in [9.17, 15) is 9.59 Å². The Morgan fingerprint density at radius 3 is 2.26 bits per heavy atom. The molecular formula is C21H25NO5. The second-order valence-corrected chi connectivity index (χ2v) is 6.69. The number of carboxylic acid groups (broad SMARTS) is 1. The molecular weight excluding hydrogens is 346 g/mol. The standard InChI is InChI=1S/C21H25NO5/c1-21(2,16-7-9-17(26-3)10-8-16)20(25)22-12-11-14-5-6-15(19(23)24)13-18(14)27-4/h5-10,13H,11-12H2,1-4H3,(H,22,25)(H,23,24). The van der Waals surface area contributed by atoms with Crippen LogP contribution in [0.4, 0.5) is 0 Å². The van der Waals surface area contributed by atoms with E-state index in [0.717, 1.165) is 16.9 Å². The number of methoxy groups -OCH3 is 2. The summed E-state index contributed by atoms with van der Waals surface area (Å²) in [5.74, 6) is 0.147. The molecule has 1 amide bonds. The molecule has 2 N–H and O–H groups in total. The predicted molar refractivity (Wildman–Crippen MR) is 103 cm³/mol. The Labute approximate surface area is 159 Å². The first-order chi connectivity index (χ1) is 12.8. The van der Waals surface area contributed by atoms with Gasteiger partial charge in [0.1, 0.15) is 11.5 Å². The van der Waals surface area contributed by atoms with Crippen LogP contribution in [-0.2, 0) is 16.6 Å². The molecule has 0 spiro atoms. The number of hydrogen-bond acceptors (Lipinski definition) is 4. The van der Waals surface area contributed by atoms with E-state index >= 15 is 0 Å². The second kappa shape index (κ2) is 8.58. The largest absolute Gasteiger partial charge is 0.497 e. The Bertz CT molecular complexity index is 812. The average Bonchev–Trinajstić information content (AvgIpc) is 2.67. The van der Waals surface area contributed by atoms with Crippen LogP contribution < -0.4 is 14.8 Å². The molecule has 2 aromatic carbocycles. The van der Waals surface area contributed by atoms with Crippen molar-refractivity contribution in [3.05, 3.63) is 59.2 Å². The molecule has 0 aliphatic rings. The molecule has 0 atom stereocenters. The lowest BCUT2D eigenvalue weighted by molar-refractivity contribution is -0.125. The molecule has 0 bridgehead atoms. The predicted octanol–water partition coefficient (Wildman–Crippen LogP) is 3.04. The fraction of sp³-hybridized carbons (Fsp3) is 0.333. The first-order valence-electron chi connectivity index (χ1n) is 8.62. The van der Waals surface area contributed by atoms with E-state index in [1.165, 1.54) is 19.2 Å². The molecule has 6 heteroatoms. The van der Waals surface area contributed by atoms with Crippen molar-refractivity contribution in [2.45, 2.75) is 25.7 Å². The van der Waals surface area contributed by atoms with Gasteiger partial charge < -0.3 is 19.9 Å². The Morgan fingerprint density at radius 1 is 1.04 bits per heavy atom. The Hall–Kier alpha value is -3.02. The number of rotatable bonds is 8. The number of ether oxygens (including phenoxy) is 2. The van der Waals surface area contributed by atoms with Crippen LogP contribution >= 0.6 is 0 Å². The summed E-state index contributed by atoms with van der Waals surface area (Å²) in [6.45, 7) is 4.15. The summed E-state index contributed by atoms with van der Waals surface area (Å²) in [7, 11) is 3.10. The van der Waals surface area contributed by atoms with E-state index in [1.807, 2.05) is 38.1 Å². The first kappa shape index (κ1) is 20.3. The van der Waals surface area contributed by atoms with E-state index in [4.69, 9.17) is 14.6 Å². The third-order valence-corrected chi connectivity index (χ3v) is 4.59. The van der Waals surface area contributed by atoms with Crippen molar-refractivity contribution >= 4 is 11.9 Å². The van der Waals surface area contributed by atoms with Crippen LogP contribution in [0.15, 0.2) is 42.5 Å². The monoisotopic (exact) mass is 371 g/mol. The maximum absolute atomic E-state index is 12.7. The molecule has 0 unspecified atom stereocenters. The lowest BCUT2D eigenvalue weighted by Crippen LogP contribution is -2.40. The van der Waals surface area contributed by atoms with Crippen LogP contribution in [0.2, 0.25) is 0 Å². The Morgan fingerprint density at radius 2 is 1.70 bits per heavy atom. The van der Waals surface area contributed by atoms with Crippen LogP contribution in [0.5, 0.6) is 11.5 Å². The molecule has 0 saturated heterocycles. The van der Waals surface area contributed by atoms with Gasteiger partial charge >= 0.3 is 5.97 Å². The summed E-state index contributed by atoms with van der Waals surface area (Å²) < 4.78 is 10.4. The number of nitrogens with one attached hydrogen (secondary N) is 1. The Kier molecular flexibility index (Phi) is 6.45. The first-order valence-corrected chi connectivity index (χ1v) is 8.62. The molecule has 0 heterocycles. The van der Waals surface area contributed by atoms with Gasteiger partial charge in [-0.15, -0.1) is 0 Å². The molecule has 0 radical (unpaired) electrons. The van der Waals surface area contributed by atoms with Crippen molar-refractivity contribution in [1.82, 2.24) is 5.32 Å². The van der Waals surface area contributed by atoms with Gasteiger partial charge in [-0.25, -0.2) is 4.79 Å². The third kappa shape index (κ3) is 4.78. The highest BCUT2D eigenvalue weighted by molar-refractivity contribution is 5.88. The lowest BCUT2D eigenvalue weighted by atomic mass is 9.83. The van der Waals surface area contributed by atoms with E-state index in [2.05, 4.69) is 5.32 Å². The normalized spacial score (nSPS) is 11.0. The van der Waals surface area contributed by atoms with Crippen LogP contribution in [0.3, 0.4) is 0 Å². The minimum Gasteiger partial charge on any atom is -0.497 e. The third-order valence-electron chi connectivity index (χ3n) is 4.59. The van der Waals surface area contributed by atoms with Gasteiger partial charge in [-0.3, -0.25) is 4.79 Å². The lowest BCUT2D eigenvalue weighted by Gasteiger charge is -2.24. The molecule has 144 valence electrons. The molecule has 6 nitrogen and oxygen atoms in total. The fourth-order valence-electron chi connectivity index (χ4n) is 2.75. The zero-order valence-corrected chi connectivity index (χ0v) is 16.0. The van der Waals surface area contributed by atoms with Gasteiger partial charge in [-0.2, -0.15) is 0 Å². The van der Waals surface area contributed by atoms with E-state index in [0.29, 0.717) is 18.7 Å². The van der Waals surface area contributed by atoms with E-state index in [-0.39, 0.29) is 11.5 Å². The Balaban J connectivity index is 2.01. The topological polar surface area (TPSA) is 84.9 Å². The zero-order chi connectivity index (χ0) is 20.0. The number of benzene rings is 2. The minimum atomic E-state index is -1.01. The summed E-state index contributed by atoms with van der Waals surface area (Å²) in [5.41, 5.74) is 1.21. The molecule has 0 aliphatic carbocycles. The number of carbonyl (C=O) groups excluding carboxylic acids is 1. The maximum atomic E-state index is 12.7.